The number of carbonyl (C=O) groups is 4. The lowest BCUT2D eigenvalue weighted by atomic mass is 9.98. The quantitative estimate of drug-likeness (QED) is 0.0929. The number of nitrogens with one attached hydrogen (secondary N) is 4. The Morgan fingerprint density at radius 1 is 0.984 bits per heavy atom. The minimum absolute atomic E-state index is 0.0941. The van der Waals surface area contributed by atoms with Gasteiger partial charge in [0.15, 0.2) is 15.7 Å². The molecule has 18 nitrogen and oxygen atoms in total. The van der Waals surface area contributed by atoms with E-state index in [0.717, 1.165) is 43.7 Å². The second-order valence-electron chi connectivity index (χ2n) is 16.6. The van der Waals surface area contributed by atoms with Crippen molar-refractivity contribution in [3.63, 3.8) is 0 Å². The Labute approximate surface area is 354 Å². The molecule has 61 heavy (non-hydrogen) atoms. The summed E-state index contributed by atoms with van der Waals surface area (Å²) >= 11 is 0. The molecule has 1 atom stereocenters. The number of hydrogen-bond donors (Lipinski definition) is 4. The number of rotatable bonds is 16. The topological polar surface area (TPSA) is 227 Å². The molecule has 4 aromatic rings. The molecule has 19 heteroatoms. The number of anilines is 3. The molecule has 4 N–H and O–H groups in total. The Morgan fingerprint density at radius 2 is 1.75 bits per heavy atom. The third-order valence-electron chi connectivity index (χ3n) is 11.5. The van der Waals surface area contributed by atoms with Gasteiger partial charge in [0, 0.05) is 59.0 Å². The van der Waals surface area contributed by atoms with Gasteiger partial charge >= 0.3 is 0 Å². The largest absolute Gasteiger partial charge is 0.492 e. The van der Waals surface area contributed by atoms with Crippen molar-refractivity contribution >= 4 is 61.7 Å². The summed E-state index contributed by atoms with van der Waals surface area (Å²) < 4.78 is 44.4. The van der Waals surface area contributed by atoms with Crippen LogP contribution in [0.3, 0.4) is 0 Å². The SMILES string of the molecule is Cc1[nH]nc(Nc2ncnc3cc(OCC4CCN(CCOCCOCC(=O)Nc5cccc6c5CN(C5CCC(=O)NC5=O)C6=O)CC4)c(S(=O)(=O)C(C)(C)C)cc23)c1C. The standard InChI is InChI=1S/C42H53N9O9S/c1-25-26(2)48-49-38(25)47-39-29-19-35(61(56,57)42(3,4)5)34(20-32(29)43-24-44-39)60-22-27-11-13-50(14-12-27)15-16-58-17-18-59-23-37(53)45-31-8-6-7-28-30(31)21-51(41(28)55)33-9-10-36(52)46-40(33)54/h6-8,19-20,24,27,33H,9-18,21-23H2,1-5H3,(H,45,53)(H,46,52,54)(H2,43,44,47,48,49). The summed E-state index contributed by atoms with van der Waals surface area (Å²) in [6.45, 7) is 12.6. The summed E-state index contributed by atoms with van der Waals surface area (Å²) in [5, 5.41) is 16.1. The average molecular weight is 860 g/mol. The van der Waals surface area contributed by atoms with Gasteiger partial charge in [-0.1, -0.05) is 6.07 Å². The number of sulfone groups is 1. The highest BCUT2D eigenvalue weighted by Gasteiger charge is 2.40. The minimum atomic E-state index is -3.81. The molecule has 0 radical (unpaired) electrons. The smallest absolute Gasteiger partial charge is 0.255 e. The molecule has 0 spiro atoms. The lowest BCUT2D eigenvalue weighted by molar-refractivity contribution is -0.137. The monoisotopic (exact) mass is 859 g/mol. The van der Waals surface area contributed by atoms with E-state index in [4.69, 9.17) is 14.2 Å². The molecule has 326 valence electrons. The third-order valence-corrected chi connectivity index (χ3v) is 14.0. The Bertz CT molecular complexity index is 2420. The molecule has 0 bridgehead atoms. The first-order valence-corrected chi connectivity index (χ1v) is 22.0. The van der Waals surface area contributed by atoms with Crippen LogP contribution in [0.25, 0.3) is 10.9 Å². The number of fused-ring (bicyclic) bond motifs is 2. The first-order valence-electron chi connectivity index (χ1n) is 20.5. The van der Waals surface area contributed by atoms with Gasteiger partial charge < -0.3 is 34.6 Å². The van der Waals surface area contributed by atoms with E-state index in [-0.39, 0.29) is 66.9 Å². The zero-order chi connectivity index (χ0) is 43.5. The molecular formula is C42H53N9O9S. The van der Waals surface area contributed by atoms with E-state index in [1.54, 1.807) is 51.1 Å². The molecule has 1 unspecified atom stereocenters. The van der Waals surface area contributed by atoms with Crippen LogP contribution in [0.4, 0.5) is 17.3 Å². The van der Waals surface area contributed by atoms with Crippen LogP contribution in [0, 0.1) is 19.8 Å². The second kappa shape index (κ2) is 18.2. The lowest BCUT2D eigenvalue weighted by Crippen LogP contribution is -2.52. The first-order chi connectivity index (χ1) is 29.1. The predicted molar refractivity (Wildman–Crippen MR) is 225 cm³/mol. The van der Waals surface area contributed by atoms with E-state index in [9.17, 15) is 27.6 Å². The maximum Gasteiger partial charge on any atom is 0.255 e. The van der Waals surface area contributed by atoms with E-state index in [1.807, 2.05) is 13.8 Å². The average Bonchev–Trinajstić information content (AvgIpc) is 3.73. The van der Waals surface area contributed by atoms with Gasteiger partial charge in [-0.25, -0.2) is 18.4 Å². The number of amides is 4. The number of nitrogens with zero attached hydrogens (tertiary/aromatic N) is 5. The van der Waals surface area contributed by atoms with Crippen molar-refractivity contribution in [2.45, 2.75) is 82.5 Å². The van der Waals surface area contributed by atoms with E-state index in [1.165, 1.54) is 11.2 Å². The van der Waals surface area contributed by atoms with Crippen LogP contribution < -0.4 is 20.7 Å². The van der Waals surface area contributed by atoms with Crippen molar-refractivity contribution < 1.29 is 41.8 Å². The van der Waals surface area contributed by atoms with Crippen molar-refractivity contribution in [2.75, 3.05) is 63.3 Å². The summed E-state index contributed by atoms with van der Waals surface area (Å²) in [6.07, 6.45) is 3.59. The molecule has 0 aliphatic carbocycles. The molecule has 7 rings (SSSR count). The van der Waals surface area contributed by atoms with Gasteiger partial charge in [0.05, 0.1) is 36.7 Å². The summed E-state index contributed by atoms with van der Waals surface area (Å²) in [5.41, 5.74) is 3.88. The summed E-state index contributed by atoms with van der Waals surface area (Å²) in [4.78, 5) is 62.5. The van der Waals surface area contributed by atoms with Crippen LogP contribution in [0.2, 0.25) is 0 Å². The molecular weight excluding hydrogens is 807 g/mol. The fraction of sp³-hybridized carbons (Fsp3) is 0.500. The lowest BCUT2D eigenvalue weighted by Gasteiger charge is -2.32. The fourth-order valence-electron chi connectivity index (χ4n) is 7.59. The van der Waals surface area contributed by atoms with Crippen molar-refractivity contribution in [2.24, 2.45) is 5.92 Å². The van der Waals surface area contributed by atoms with Crippen molar-refractivity contribution in [3.8, 4) is 5.75 Å². The number of hydrogen-bond acceptors (Lipinski definition) is 14. The number of ether oxygens (including phenoxy) is 3. The van der Waals surface area contributed by atoms with Gasteiger partial charge in [0.1, 0.15) is 35.4 Å². The summed E-state index contributed by atoms with van der Waals surface area (Å²) in [6, 6.07) is 7.58. The van der Waals surface area contributed by atoms with Gasteiger partial charge in [0.2, 0.25) is 17.7 Å². The molecule has 4 amide bonds. The number of aromatic nitrogens is 4. The number of H-pyrrole nitrogens is 1. The maximum absolute atomic E-state index is 13.9. The van der Waals surface area contributed by atoms with Gasteiger partial charge in [-0.2, -0.15) is 5.10 Å². The predicted octanol–water partition coefficient (Wildman–Crippen LogP) is 3.81. The highest BCUT2D eigenvalue weighted by Crippen LogP contribution is 2.38. The first kappa shape index (κ1) is 43.6. The molecule has 5 heterocycles. The van der Waals surface area contributed by atoms with Crippen molar-refractivity contribution in [1.29, 1.82) is 0 Å². The highest BCUT2D eigenvalue weighted by atomic mass is 32.2. The van der Waals surface area contributed by atoms with Crippen LogP contribution in [0.1, 0.15) is 73.6 Å². The van der Waals surface area contributed by atoms with E-state index in [0.29, 0.717) is 59.2 Å². The fourth-order valence-corrected chi connectivity index (χ4v) is 8.90. The second-order valence-corrected chi connectivity index (χ2v) is 19.3. The number of likely N-dealkylation sites (tertiary alicyclic amines) is 1. The van der Waals surface area contributed by atoms with Crippen LogP contribution in [0.5, 0.6) is 5.75 Å². The number of aryl methyl sites for hydroxylation is 1. The summed E-state index contributed by atoms with van der Waals surface area (Å²) in [5.74, 6) is -0.00251. The number of benzene rings is 2. The Morgan fingerprint density at radius 3 is 2.48 bits per heavy atom. The Hall–Kier alpha value is -5.50. The van der Waals surface area contributed by atoms with Gasteiger partial charge in [-0.05, 0) is 91.1 Å². The molecule has 2 aromatic carbocycles. The van der Waals surface area contributed by atoms with E-state index >= 15 is 0 Å². The number of piperidine rings is 2. The molecule has 2 saturated heterocycles. The van der Waals surface area contributed by atoms with Crippen LogP contribution in [0.15, 0.2) is 41.6 Å². The molecule has 2 aromatic heterocycles. The Balaban J connectivity index is 0.833. The van der Waals surface area contributed by atoms with Gasteiger partial charge in [0.25, 0.3) is 5.91 Å². The summed E-state index contributed by atoms with van der Waals surface area (Å²) in [7, 11) is -3.81. The van der Waals surface area contributed by atoms with Crippen LogP contribution in [-0.4, -0.2) is 125 Å². The third kappa shape index (κ3) is 9.69. The van der Waals surface area contributed by atoms with Gasteiger partial charge in [-0.15, -0.1) is 0 Å². The van der Waals surface area contributed by atoms with Crippen molar-refractivity contribution in [3.05, 3.63) is 59.0 Å². The number of aromatic amines is 1. The zero-order valence-corrected chi connectivity index (χ0v) is 35.9. The number of imide groups is 1. The van der Waals surface area contributed by atoms with Crippen LogP contribution in [-0.2, 0) is 40.2 Å². The number of carbonyl (C=O) groups excluding carboxylic acids is 4. The van der Waals surface area contributed by atoms with E-state index in [2.05, 4.69) is 41.0 Å². The molecule has 0 saturated carbocycles. The highest BCUT2D eigenvalue weighted by molar-refractivity contribution is 7.92. The molecule has 3 aliphatic rings. The zero-order valence-electron chi connectivity index (χ0n) is 35.1. The Kier molecular flexibility index (Phi) is 13.0. The molecule has 3 aliphatic heterocycles. The van der Waals surface area contributed by atoms with E-state index < -0.39 is 26.5 Å². The normalized spacial score (nSPS) is 17.8. The maximum atomic E-state index is 13.9. The van der Waals surface area contributed by atoms with Crippen LogP contribution >= 0.6 is 0 Å². The molecule has 2 fully saturated rings. The minimum Gasteiger partial charge on any atom is -0.492 e. The van der Waals surface area contributed by atoms with Crippen molar-refractivity contribution in [1.82, 2.24) is 35.3 Å². The van der Waals surface area contributed by atoms with Gasteiger partial charge in [-0.3, -0.25) is 29.6 Å².